The zero-order valence-electron chi connectivity index (χ0n) is 23.9. The van der Waals surface area contributed by atoms with Crippen LogP contribution in [0.4, 0.5) is 0 Å². The van der Waals surface area contributed by atoms with Crippen molar-refractivity contribution < 1.29 is 14.3 Å². The van der Waals surface area contributed by atoms with Crippen LogP contribution in [0, 0.1) is 5.92 Å². The first-order valence-electron chi connectivity index (χ1n) is 14.1. The van der Waals surface area contributed by atoms with Gasteiger partial charge in [-0.2, -0.15) is 0 Å². The number of nitrogens with one attached hydrogen (secondary N) is 2. The van der Waals surface area contributed by atoms with Gasteiger partial charge >= 0.3 is 0 Å². The Morgan fingerprint density at radius 1 is 0.927 bits per heavy atom. The molecular formula is C33H39Cl2N3O3. The van der Waals surface area contributed by atoms with Crippen LogP contribution in [0.25, 0.3) is 0 Å². The Hall–Kier alpha value is -2.90. The van der Waals surface area contributed by atoms with Crippen LogP contribution >= 0.6 is 23.2 Å². The molecule has 0 spiro atoms. The average Bonchev–Trinajstić information content (AvgIpc) is 2.99. The van der Waals surface area contributed by atoms with Crippen molar-refractivity contribution in [2.45, 2.75) is 43.7 Å². The summed E-state index contributed by atoms with van der Waals surface area (Å²) in [5.41, 5.74) is 2.63. The molecule has 1 aliphatic heterocycles. The van der Waals surface area contributed by atoms with E-state index in [4.69, 9.17) is 27.9 Å². The number of halogens is 2. The van der Waals surface area contributed by atoms with Crippen molar-refractivity contribution in [3.05, 3.63) is 106 Å². The number of likely N-dealkylation sites (tertiary alicyclic amines) is 1. The number of benzene rings is 3. The van der Waals surface area contributed by atoms with Gasteiger partial charge in [-0.15, -0.1) is 0 Å². The summed E-state index contributed by atoms with van der Waals surface area (Å²) in [6.07, 6.45) is 1.86. The van der Waals surface area contributed by atoms with Crippen molar-refractivity contribution in [3.63, 3.8) is 0 Å². The second-order valence-electron chi connectivity index (χ2n) is 10.7. The number of hydrogen-bond donors (Lipinski definition) is 2. The largest absolute Gasteiger partial charge is 0.376 e. The summed E-state index contributed by atoms with van der Waals surface area (Å²) in [4.78, 5) is 28.1. The van der Waals surface area contributed by atoms with Crippen molar-refractivity contribution in [2.75, 3.05) is 33.8 Å². The van der Waals surface area contributed by atoms with Gasteiger partial charge in [0.25, 0.3) is 0 Å². The average molecular weight is 597 g/mol. The molecule has 0 aliphatic carbocycles. The van der Waals surface area contributed by atoms with Crippen molar-refractivity contribution >= 4 is 35.0 Å². The predicted octanol–water partition coefficient (Wildman–Crippen LogP) is 6.34. The lowest BCUT2D eigenvalue weighted by Crippen LogP contribution is -2.52. The number of rotatable bonds is 11. The normalized spacial score (nSPS) is 17.3. The lowest BCUT2D eigenvalue weighted by Gasteiger charge is -2.43. The van der Waals surface area contributed by atoms with Crippen LogP contribution in [-0.2, 0) is 19.9 Å². The molecule has 41 heavy (non-hydrogen) atoms. The number of methoxy groups -OCH3 is 1. The second-order valence-corrected chi connectivity index (χ2v) is 11.6. The van der Waals surface area contributed by atoms with E-state index in [1.54, 1.807) is 27.1 Å². The molecule has 1 saturated heterocycles. The van der Waals surface area contributed by atoms with E-state index in [2.05, 4.69) is 27.7 Å². The summed E-state index contributed by atoms with van der Waals surface area (Å²) in [5, 5.41) is 7.07. The monoisotopic (exact) mass is 595 g/mol. The number of ether oxygens (including phenoxy) is 1. The molecule has 2 amide bonds. The maximum Gasteiger partial charge on any atom is 0.226 e. The standard InChI is InChI=1S/C33H39Cl2N3O3/c1-23(39)37-33(26-12-8-5-9-13-26)17-20-38(21-18-33)19-16-27(25-14-15-28(34)29(35)22-25)30(32(40)36-2)31(41-3)24-10-6-4-7-11-24/h4-15,22,27,30-31H,16-21H2,1-3H3,(H,36,40)(H,37,39). The van der Waals surface area contributed by atoms with E-state index in [0.29, 0.717) is 16.5 Å². The molecule has 0 radical (unpaired) electrons. The number of amides is 2. The quantitative estimate of drug-likeness (QED) is 0.271. The third-order valence-electron chi connectivity index (χ3n) is 8.27. The highest BCUT2D eigenvalue weighted by molar-refractivity contribution is 6.42. The van der Waals surface area contributed by atoms with E-state index in [0.717, 1.165) is 49.2 Å². The van der Waals surface area contributed by atoms with Crippen molar-refractivity contribution in [1.82, 2.24) is 15.5 Å². The minimum atomic E-state index is -0.503. The number of nitrogens with zero attached hydrogens (tertiary/aromatic N) is 1. The first kappa shape index (κ1) is 31.0. The zero-order chi connectivity index (χ0) is 29.4. The van der Waals surface area contributed by atoms with Crippen molar-refractivity contribution in [1.29, 1.82) is 0 Å². The maximum absolute atomic E-state index is 13.5. The first-order valence-corrected chi connectivity index (χ1v) is 14.8. The Kier molecular flexibility index (Phi) is 10.8. The Bertz CT molecular complexity index is 1300. The summed E-state index contributed by atoms with van der Waals surface area (Å²) < 4.78 is 6.01. The predicted molar refractivity (Wildman–Crippen MR) is 165 cm³/mol. The molecule has 2 N–H and O–H groups in total. The fraction of sp³-hybridized carbons (Fsp3) is 0.394. The van der Waals surface area contributed by atoms with Gasteiger partial charge < -0.3 is 20.3 Å². The summed E-state index contributed by atoms with van der Waals surface area (Å²) >= 11 is 12.8. The van der Waals surface area contributed by atoms with Crippen LogP contribution in [-0.4, -0.2) is 50.5 Å². The molecular weight excluding hydrogens is 557 g/mol. The van der Waals surface area contributed by atoms with E-state index in [1.165, 1.54) is 0 Å². The molecule has 4 rings (SSSR count). The molecule has 6 nitrogen and oxygen atoms in total. The van der Waals surface area contributed by atoms with Crippen molar-refractivity contribution in [2.24, 2.45) is 5.92 Å². The summed E-state index contributed by atoms with van der Waals surface area (Å²) in [7, 11) is 3.31. The van der Waals surface area contributed by atoms with E-state index in [1.807, 2.05) is 60.7 Å². The van der Waals surface area contributed by atoms with Gasteiger partial charge in [-0.25, -0.2) is 0 Å². The van der Waals surface area contributed by atoms with Gasteiger partial charge in [0, 0.05) is 34.2 Å². The Balaban J connectivity index is 1.60. The van der Waals surface area contributed by atoms with E-state index < -0.39 is 12.0 Å². The molecule has 1 heterocycles. The van der Waals surface area contributed by atoms with Crippen LogP contribution in [0.5, 0.6) is 0 Å². The third-order valence-corrected chi connectivity index (χ3v) is 9.01. The lowest BCUT2D eigenvalue weighted by molar-refractivity contribution is -0.130. The summed E-state index contributed by atoms with van der Waals surface area (Å²) in [6.45, 7) is 3.99. The van der Waals surface area contributed by atoms with Gasteiger partial charge in [0.05, 0.1) is 27.6 Å². The molecule has 1 aliphatic rings. The fourth-order valence-electron chi connectivity index (χ4n) is 6.19. The van der Waals surface area contributed by atoms with E-state index >= 15 is 0 Å². The number of carbonyl (C=O) groups is 2. The Labute approximate surface area is 253 Å². The Morgan fingerprint density at radius 3 is 2.12 bits per heavy atom. The molecule has 3 unspecified atom stereocenters. The van der Waals surface area contributed by atoms with Crippen LogP contribution in [0.3, 0.4) is 0 Å². The number of hydrogen-bond acceptors (Lipinski definition) is 4. The molecule has 0 saturated carbocycles. The number of carbonyl (C=O) groups excluding carboxylic acids is 2. The summed E-state index contributed by atoms with van der Waals surface area (Å²) in [5.74, 6) is -0.811. The molecule has 0 aromatic heterocycles. The third kappa shape index (κ3) is 7.49. The van der Waals surface area contributed by atoms with Gasteiger partial charge in [-0.1, -0.05) is 89.9 Å². The van der Waals surface area contributed by atoms with Crippen LogP contribution < -0.4 is 10.6 Å². The van der Waals surface area contributed by atoms with Gasteiger partial charge in [0.1, 0.15) is 0 Å². The summed E-state index contributed by atoms with van der Waals surface area (Å²) in [6, 6.07) is 25.7. The highest BCUT2D eigenvalue weighted by Crippen LogP contribution is 2.41. The van der Waals surface area contributed by atoms with Crippen LogP contribution in [0.15, 0.2) is 78.9 Å². The Morgan fingerprint density at radius 2 is 1.56 bits per heavy atom. The molecule has 3 aromatic rings. The van der Waals surface area contributed by atoms with Gasteiger partial charge in [0.15, 0.2) is 0 Å². The SMILES string of the molecule is CNC(=O)C(C(CCN1CCC(NC(C)=O)(c2ccccc2)CC1)c1ccc(Cl)c(Cl)c1)C(OC)c1ccccc1. The first-order chi connectivity index (χ1) is 19.8. The minimum Gasteiger partial charge on any atom is -0.376 e. The maximum atomic E-state index is 13.5. The zero-order valence-corrected chi connectivity index (χ0v) is 25.4. The highest BCUT2D eigenvalue weighted by Gasteiger charge is 2.40. The number of piperidine rings is 1. The fourth-order valence-corrected chi connectivity index (χ4v) is 6.49. The van der Waals surface area contributed by atoms with E-state index in [9.17, 15) is 9.59 Å². The molecule has 8 heteroatoms. The van der Waals surface area contributed by atoms with Crippen molar-refractivity contribution in [3.8, 4) is 0 Å². The smallest absolute Gasteiger partial charge is 0.226 e. The lowest BCUT2D eigenvalue weighted by atomic mass is 9.77. The molecule has 3 aromatic carbocycles. The molecule has 3 atom stereocenters. The minimum absolute atomic E-state index is 0.0260. The van der Waals surface area contributed by atoms with Gasteiger partial charge in [0.2, 0.25) is 11.8 Å². The molecule has 218 valence electrons. The van der Waals surface area contributed by atoms with Gasteiger partial charge in [-0.3, -0.25) is 9.59 Å². The molecule has 0 bridgehead atoms. The van der Waals surface area contributed by atoms with Gasteiger partial charge in [-0.05, 0) is 60.5 Å². The van der Waals surface area contributed by atoms with E-state index in [-0.39, 0.29) is 23.3 Å². The molecule has 1 fully saturated rings. The van der Waals surface area contributed by atoms with Crippen LogP contribution in [0.1, 0.15) is 54.9 Å². The second kappa shape index (κ2) is 14.3. The van der Waals surface area contributed by atoms with Crippen LogP contribution in [0.2, 0.25) is 10.0 Å². The highest BCUT2D eigenvalue weighted by atomic mass is 35.5. The topological polar surface area (TPSA) is 70.7 Å².